The van der Waals surface area contributed by atoms with Gasteiger partial charge in [0.15, 0.2) is 0 Å². The number of thiophene rings is 1. The van der Waals surface area contributed by atoms with Crippen LogP contribution in [-0.2, 0) is 17.8 Å². The lowest BCUT2D eigenvalue weighted by Crippen LogP contribution is -2.24. The number of hydrogen-bond donors (Lipinski definition) is 1. The van der Waals surface area contributed by atoms with Crippen LogP contribution in [-0.4, -0.2) is 13.0 Å². The lowest BCUT2D eigenvalue weighted by atomic mass is 10.1. The lowest BCUT2D eigenvalue weighted by molar-refractivity contribution is -0.120. The van der Waals surface area contributed by atoms with Gasteiger partial charge in [-0.2, -0.15) is 0 Å². The van der Waals surface area contributed by atoms with Crippen LogP contribution in [0.2, 0.25) is 0 Å². The highest BCUT2D eigenvalue weighted by atomic mass is 32.1. The van der Waals surface area contributed by atoms with E-state index in [9.17, 15) is 4.79 Å². The van der Waals surface area contributed by atoms with Crippen molar-refractivity contribution in [2.24, 2.45) is 0 Å². The number of amides is 1. The van der Waals surface area contributed by atoms with Crippen LogP contribution in [0.1, 0.15) is 11.3 Å². The Bertz CT molecular complexity index is 777. The van der Waals surface area contributed by atoms with Crippen molar-refractivity contribution in [3.63, 3.8) is 0 Å². The van der Waals surface area contributed by atoms with Crippen LogP contribution in [0.25, 0.3) is 10.6 Å². The Hall–Kier alpha value is -2.53. The van der Waals surface area contributed by atoms with Crippen LogP contribution in [0.4, 0.5) is 0 Å². The molecule has 2 aromatic heterocycles. The Morgan fingerprint density at radius 2 is 2.13 bits per heavy atom. The maximum absolute atomic E-state index is 12.0. The molecule has 3 aromatic rings. The number of methoxy groups -OCH3 is 1. The number of rotatable bonds is 6. The normalized spacial score (nSPS) is 10.5. The van der Waals surface area contributed by atoms with Gasteiger partial charge >= 0.3 is 0 Å². The van der Waals surface area contributed by atoms with E-state index < -0.39 is 0 Å². The Labute approximate surface area is 138 Å². The maximum atomic E-state index is 12.0. The summed E-state index contributed by atoms with van der Waals surface area (Å²) in [5, 5.41) is 4.88. The van der Waals surface area contributed by atoms with Crippen molar-refractivity contribution in [3.05, 3.63) is 65.2 Å². The molecule has 0 unspecified atom stereocenters. The number of carbonyl (C=O) groups is 1. The van der Waals surface area contributed by atoms with Gasteiger partial charge in [-0.3, -0.25) is 4.79 Å². The summed E-state index contributed by atoms with van der Waals surface area (Å²) in [4.78, 5) is 13.1. The topological polar surface area (TPSA) is 51.5 Å². The molecule has 0 atom stereocenters. The van der Waals surface area contributed by atoms with Crippen LogP contribution < -0.4 is 10.1 Å². The molecule has 1 aromatic carbocycles. The molecule has 2 heterocycles. The minimum absolute atomic E-state index is 0.0488. The van der Waals surface area contributed by atoms with Gasteiger partial charge in [0.1, 0.15) is 17.3 Å². The maximum Gasteiger partial charge on any atom is 0.224 e. The molecule has 4 nitrogen and oxygen atoms in total. The van der Waals surface area contributed by atoms with Gasteiger partial charge in [0, 0.05) is 0 Å². The first kappa shape index (κ1) is 15.4. The Balaban J connectivity index is 1.54. The lowest BCUT2D eigenvalue weighted by Gasteiger charge is -2.05. The molecule has 0 spiro atoms. The van der Waals surface area contributed by atoms with Gasteiger partial charge in [0.25, 0.3) is 0 Å². The number of furan rings is 1. The van der Waals surface area contributed by atoms with Crippen LogP contribution in [0, 0.1) is 0 Å². The summed E-state index contributed by atoms with van der Waals surface area (Å²) in [5.74, 6) is 2.28. The standard InChI is InChI=1S/C18H17NO3S/c1-21-14-5-2-4-13(10-14)11-18(20)19-12-15-7-8-16(22-15)17-6-3-9-23-17/h2-10H,11-12H2,1H3,(H,19,20). The highest BCUT2D eigenvalue weighted by Crippen LogP contribution is 2.26. The molecule has 23 heavy (non-hydrogen) atoms. The van der Waals surface area contributed by atoms with Gasteiger partial charge in [-0.05, 0) is 41.3 Å². The number of hydrogen-bond acceptors (Lipinski definition) is 4. The fourth-order valence-electron chi connectivity index (χ4n) is 2.24. The summed E-state index contributed by atoms with van der Waals surface area (Å²) in [6.07, 6.45) is 0.315. The average molecular weight is 327 g/mol. The van der Waals surface area contributed by atoms with Gasteiger partial charge < -0.3 is 14.5 Å². The second kappa shape index (κ2) is 7.15. The van der Waals surface area contributed by atoms with E-state index in [0.29, 0.717) is 13.0 Å². The van der Waals surface area contributed by atoms with Crippen molar-refractivity contribution in [2.75, 3.05) is 7.11 Å². The average Bonchev–Trinajstić information content (AvgIpc) is 3.24. The van der Waals surface area contributed by atoms with Crippen LogP contribution >= 0.6 is 11.3 Å². The van der Waals surface area contributed by atoms with Gasteiger partial charge in [0.05, 0.1) is 25.0 Å². The first-order chi connectivity index (χ1) is 11.2. The molecular weight excluding hydrogens is 310 g/mol. The minimum Gasteiger partial charge on any atom is -0.497 e. The monoisotopic (exact) mass is 327 g/mol. The Morgan fingerprint density at radius 3 is 2.91 bits per heavy atom. The summed E-state index contributed by atoms with van der Waals surface area (Å²) in [5.41, 5.74) is 0.917. The molecule has 1 amide bonds. The number of carbonyl (C=O) groups excluding carboxylic acids is 1. The van der Waals surface area contributed by atoms with Crippen molar-refractivity contribution in [1.29, 1.82) is 0 Å². The van der Waals surface area contributed by atoms with Gasteiger partial charge in [0.2, 0.25) is 5.91 Å². The highest BCUT2D eigenvalue weighted by Gasteiger charge is 2.08. The first-order valence-corrected chi connectivity index (χ1v) is 8.15. The zero-order valence-corrected chi connectivity index (χ0v) is 13.6. The highest BCUT2D eigenvalue weighted by molar-refractivity contribution is 7.13. The molecule has 0 bridgehead atoms. The summed E-state index contributed by atoms with van der Waals surface area (Å²) >= 11 is 1.63. The molecule has 0 saturated carbocycles. The SMILES string of the molecule is COc1cccc(CC(=O)NCc2ccc(-c3cccs3)o2)c1. The number of nitrogens with one attached hydrogen (secondary N) is 1. The minimum atomic E-state index is -0.0488. The van der Waals surface area contributed by atoms with E-state index in [1.165, 1.54) is 0 Å². The van der Waals surface area contributed by atoms with E-state index in [1.54, 1.807) is 18.4 Å². The molecule has 0 aliphatic rings. The second-order valence-corrected chi connectivity index (χ2v) is 6.00. The molecule has 0 fully saturated rings. The molecule has 118 valence electrons. The Morgan fingerprint density at radius 1 is 1.22 bits per heavy atom. The zero-order valence-electron chi connectivity index (χ0n) is 12.7. The van der Waals surface area contributed by atoms with Crippen molar-refractivity contribution < 1.29 is 13.9 Å². The van der Waals surface area contributed by atoms with E-state index in [0.717, 1.165) is 27.7 Å². The van der Waals surface area contributed by atoms with Gasteiger partial charge in [-0.15, -0.1) is 11.3 Å². The smallest absolute Gasteiger partial charge is 0.224 e. The van der Waals surface area contributed by atoms with Gasteiger partial charge in [-0.1, -0.05) is 18.2 Å². The predicted octanol–water partition coefficient (Wildman–Crippen LogP) is 3.88. The second-order valence-electron chi connectivity index (χ2n) is 5.05. The summed E-state index contributed by atoms with van der Waals surface area (Å²) in [6.45, 7) is 0.383. The molecule has 0 aliphatic carbocycles. The summed E-state index contributed by atoms with van der Waals surface area (Å²) < 4.78 is 10.9. The van der Waals surface area contributed by atoms with E-state index in [1.807, 2.05) is 53.9 Å². The van der Waals surface area contributed by atoms with Crippen molar-refractivity contribution in [1.82, 2.24) is 5.32 Å². The molecule has 0 aliphatic heterocycles. The van der Waals surface area contributed by atoms with Crippen LogP contribution in [0.15, 0.2) is 58.3 Å². The largest absolute Gasteiger partial charge is 0.497 e. The fourth-order valence-corrected chi connectivity index (χ4v) is 2.93. The van der Waals surface area contributed by atoms with E-state index in [4.69, 9.17) is 9.15 Å². The van der Waals surface area contributed by atoms with Crippen molar-refractivity contribution in [3.8, 4) is 16.4 Å². The van der Waals surface area contributed by atoms with Gasteiger partial charge in [-0.25, -0.2) is 0 Å². The first-order valence-electron chi connectivity index (χ1n) is 7.27. The molecule has 5 heteroatoms. The third-order valence-electron chi connectivity index (χ3n) is 3.38. The van der Waals surface area contributed by atoms with Crippen molar-refractivity contribution in [2.45, 2.75) is 13.0 Å². The van der Waals surface area contributed by atoms with E-state index in [-0.39, 0.29) is 5.91 Å². The van der Waals surface area contributed by atoms with E-state index in [2.05, 4.69) is 5.32 Å². The fraction of sp³-hybridized carbons (Fsp3) is 0.167. The van der Waals surface area contributed by atoms with Crippen LogP contribution in [0.3, 0.4) is 0 Å². The summed E-state index contributed by atoms with van der Waals surface area (Å²) in [7, 11) is 1.61. The number of ether oxygens (including phenoxy) is 1. The predicted molar refractivity (Wildman–Crippen MR) is 90.6 cm³/mol. The third kappa shape index (κ3) is 4.02. The third-order valence-corrected chi connectivity index (χ3v) is 4.27. The van der Waals surface area contributed by atoms with Crippen molar-refractivity contribution >= 4 is 17.2 Å². The number of benzene rings is 1. The Kier molecular flexibility index (Phi) is 4.78. The molecule has 0 saturated heterocycles. The molecule has 1 N–H and O–H groups in total. The molecular formula is C18H17NO3S. The quantitative estimate of drug-likeness (QED) is 0.747. The summed E-state index contributed by atoms with van der Waals surface area (Å²) in [6, 6.07) is 15.3. The van der Waals surface area contributed by atoms with Crippen LogP contribution in [0.5, 0.6) is 5.75 Å². The molecule has 0 radical (unpaired) electrons. The zero-order chi connectivity index (χ0) is 16.1. The van der Waals surface area contributed by atoms with E-state index >= 15 is 0 Å². The molecule has 3 rings (SSSR count).